The van der Waals surface area contributed by atoms with E-state index in [1.54, 1.807) is 18.2 Å². The number of nitriles is 1. The first-order chi connectivity index (χ1) is 13.7. The maximum absolute atomic E-state index is 12.8. The van der Waals surface area contributed by atoms with Gasteiger partial charge in [0, 0.05) is 16.8 Å². The lowest BCUT2D eigenvalue weighted by molar-refractivity contribution is 0.0937. The van der Waals surface area contributed by atoms with Gasteiger partial charge in [0.25, 0.3) is 5.91 Å². The largest absolute Gasteiger partial charge is 0.342 e. The van der Waals surface area contributed by atoms with Gasteiger partial charge in [-0.05, 0) is 48.2 Å². The molecule has 0 fully saturated rings. The van der Waals surface area contributed by atoms with Gasteiger partial charge >= 0.3 is 0 Å². The second-order valence-electron chi connectivity index (χ2n) is 7.72. The van der Waals surface area contributed by atoms with E-state index in [-0.39, 0.29) is 24.8 Å². The van der Waals surface area contributed by atoms with Crippen LogP contribution in [-0.4, -0.2) is 25.7 Å². The molecule has 0 saturated heterocycles. The molecule has 156 valence electrons. The Bertz CT molecular complexity index is 1080. The summed E-state index contributed by atoms with van der Waals surface area (Å²) < 4.78 is 1.53. The molecule has 0 unspecified atom stereocenters. The second-order valence-corrected chi connectivity index (χ2v) is 8.16. The highest BCUT2D eigenvalue weighted by Crippen LogP contribution is 2.27. The number of nitrogens with zero attached hydrogens (tertiary/aromatic N) is 5. The molecule has 0 spiro atoms. The molecule has 0 aliphatic carbocycles. The summed E-state index contributed by atoms with van der Waals surface area (Å²) in [5.41, 5.74) is 1.78. The third kappa shape index (κ3) is 5.17. The van der Waals surface area contributed by atoms with E-state index in [1.165, 1.54) is 17.2 Å². The molecular formula is C21H23ClN6OS. The summed E-state index contributed by atoms with van der Waals surface area (Å²) in [7, 11) is 0. The van der Waals surface area contributed by atoms with Crippen LogP contribution < -0.4 is 5.32 Å². The molecule has 2 aromatic heterocycles. The van der Waals surface area contributed by atoms with Crippen molar-refractivity contribution in [1.29, 1.82) is 5.26 Å². The highest BCUT2D eigenvalue weighted by molar-refractivity contribution is 7.59. The highest BCUT2D eigenvalue weighted by Gasteiger charge is 2.21. The quantitative estimate of drug-likeness (QED) is 0.656. The van der Waals surface area contributed by atoms with E-state index in [9.17, 15) is 4.79 Å². The zero-order valence-corrected chi connectivity index (χ0v) is 18.9. The third-order valence-corrected chi connectivity index (χ3v) is 4.65. The fourth-order valence-corrected chi connectivity index (χ4v) is 3.03. The molecular weight excluding hydrogens is 420 g/mol. The molecule has 3 aromatic rings. The van der Waals surface area contributed by atoms with Gasteiger partial charge in [0.2, 0.25) is 0 Å². The SMILES string of the molecule is C[C@@H](NC(=O)c1cc(Cl)cc(C(C)(C)C)c1)c1ncnn1-c1ccc(C#N)cn1.S. The molecule has 1 amide bonds. The molecule has 0 radical (unpaired) electrons. The van der Waals surface area contributed by atoms with Gasteiger partial charge in [-0.15, -0.1) is 0 Å². The normalized spacial score (nSPS) is 11.9. The number of carbonyl (C=O) groups excluding carboxylic acids is 1. The van der Waals surface area contributed by atoms with Crippen LogP contribution in [0.5, 0.6) is 0 Å². The molecule has 0 aliphatic heterocycles. The Balaban J connectivity index is 0.00000320. The lowest BCUT2D eigenvalue weighted by atomic mass is 9.86. The number of hydrogen-bond donors (Lipinski definition) is 1. The zero-order chi connectivity index (χ0) is 21.2. The summed E-state index contributed by atoms with van der Waals surface area (Å²) in [5.74, 6) is 0.775. The minimum atomic E-state index is -0.431. The van der Waals surface area contributed by atoms with Gasteiger partial charge in [0.15, 0.2) is 11.6 Å². The molecule has 1 aromatic carbocycles. The van der Waals surface area contributed by atoms with Crippen LogP contribution >= 0.6 is 25.1 Å². The first-order valence-corrected chi connectivity index (χ1v) is 9.45. The highest BCUT2D eigenvalue weighted by atomic mass is 35.5. The van der Waals surface area contributed by atoms with Crippen molar-refractivity contribution in [3.05, 3.63) is 70.4 Å². The molecule has 7 nitrogen and oxygen atoms in total. The Morgan fingerprint density at radius 3 is 2.57 bits per heavy atom. The van der Waals surface area contributed by atoms with Crippen molar-refractivity contribution in [1.82, 2.24) is 25.1 Å². The number of nitrogens with one attached hydrogen (secondary N) is 1. The first-order valence-electron chi connectivity index (χ1n) is 9.07. The molecule has 30 heavy (non-hydrogen) atoms. The number of aromatic nitrogens is 4. The van der Waals surface area contributed by atoms with Crippen LogP contribution in [0.3, 0.4) is 0 Å². The predicted octanol–water partition coefficient (Wildman–Crippen LogP) is 4.09. The van der Waals surface area contributed by atoms with Crippen molar-refractivity contribution in [2.75, 3.05) is 0 Å². The van der Waals surface area contributed by atoms with Crippen molar-refractivity contribution in [3.63, 3.8) is 0 Å². The van der Waals surface area contributed by atoms with E-state index in [2.05, 4.69) is 41.2 Å². The Kier molecular flexibility index (Phi) is 7.24. The molecule has 0 saturated carbocycles. The number of rotatable bonds is 4. The molecule has 0 aliphatic rings. The Labute approximate surface area is 187 Å². The van der Waals surface area contributed by atoms with Gasteiger partial charge in [-0.25, -0.2) is 9.97 Å². The number of amides is 1. The van der Waals surface area contributed by atoms with E-state index in [0.29, 0.717) is 27.8 Å². The molecule has 3 rings (SSSR count). The molecule has 0 bridgehead atoms. The van der Waals surface area contributed by atoms with Gasteiger partial charge < -0.3 is 5.32 Å². The molecule has 1 N–H and O–H groups in total. The minimum Gasteiger partial charge on any atom is -0.342 e. The number of carbonyl (C=O) groups is 1. The lowest BCUT2D eigenvalue weighted by Crippen LogP contribution is -2.29. The van der Waals surface area contributed by atoms with E-state index >= 15 is 0 Å². The van der Waals surface area contributed by atoms with Crippen LogP contribution in [0.25, 0.3) is 5.82 Å². The number of pyridine rings is 1. The van der Waals surface area contributed by atoms with Crippen LogP contribution in [0.15, 0.2) is 42.9 Å². The summed E-state index contributed by atoms with van der Waals surface area (Å²) in [6.07, 6.45) is 2.86. The van der Waals surface area contributed by atoms with Crippen LogP contribution in [0.1, 0.15) is 61.0 Å². The minimum absolute atomic E-state index is 0. The lowest BCUT2D eigenvalue weighted by Gasteiger charge is -2.21. The average Bonchev–Trinajstić information content (AvgIpc) is 3.17. The monoisotopic (exact) mass is 442 g/mol. The van der Waals surface area contributed by atoms with Gasteiger partial charge in [0.1, 0.15) is 12.4 Å². The van der Waals surface area contributed by atoms with Crippen LogP contribution in [-0.2, 0) is 5.41 Å². The fraction of sp³-hybridized carbons (Fsp3) is 0.286. The predicted molar refractivity (Wildman–Crippen MR) is 120 cm³/mol. The Morgan fingerprint density at radius 2 is 1.97 bits per heavy atom. The molecule has 1 atom stereocenters. The zero-order valence-electron chi connectivity index (χ0n) is 17.1. The maximum atomic E-state index is 12.8. The van der Waals surface area contributed by atoms with Gasteiger partial charge in [-0.3, -0.25) is 4.79 Å². The number of benzene rings is 1. The Morgan fingerprint density at radius 1 is 1.23 bits per heavy atom. The Hall–Kier alpha value is -2.89. The van der Waals surface area contributed by atoms with Gasteiger partial charge in [0.05, 0.1) is 11.6 Å². The maximum Gasteiger partial charge on any atom is 0.251 e. The topological polar surface area (TPSA) is 96.5 Å². The second kappa shape index (κ2) is 9.28. The number of hydrogen-bond acceptors (Lipinski definition) is 5. The fourth-order valence-electron chi connectivity index (χ4n) is 2.80. The molecule has 2 heterocycles. The van der Waals surface area contributed by atoms with E-state index < -0.39 is 6.04 Å². The summed E-state index contributed by atoms with van der Waals surface area (Å²) in [6, 6.07) is 10.3. The summed E-state index contributed by atoms with van der Waals surface area (Å²) in [4.78, 5) is 21.3. The summed E-state index contributed by atoms with van der Waals surface area (Å²) >= 11 is 6.23. The first kappa shape index (κ1) is 23.4. The summed E-state index contributed by atoms with van der Waals surface area (Å²) in [5, 5.41) is 16.6. The van der Waals surface area contributed by atoms with Crippen molar-refractivity contribution in [2.45, 2.75) is 39.2 Å². The van der Waals surface area contributed by atoms with Gasteiger partial charge in [-0.1, -0.05) is 32.4 Å². The number of halogens is 1. The van der Waals surface area contributed by atoms with E-state index in [0.717, 1.165) is 5.56 Å². The van der Waals surface area contributed by atoms with E-state index in [4.69, 9.17) is 16.9 Å². The van der Waals surface area contributed by atoms with Gasteiger partial charge in [-0.2, -0.15) is 28.5 Å². The standard InChI is InChI=1S/C21H21ClN6O.H2S/c1-13(19-25-12-26-28(19)18-6-5-14(10-23)11-24-18)27-20(29)15-7-16(21(2,3)4)9-17(22)8-15;/h5-9,11-13H,1-4H3,(H,27,29);1H2/t13-;/m1./s1. The van der Waals surface area contributed by atoms with Crippen LogP contribution in [0.2, 0.25) is 5.02 Å². The van der Waals surface area contributed by atoms with Crippen molar-refractivity contribution in [3.8, 4) is 11.9 Å². The van der Waals surface area contributed by atoms with E-state index in [1.807, 2.05) is 25.1 Å². The van der Waals surface area contributed by atoms with Crippen LogP contribution in [0, 0.1) is 11.3 Å². The third-order valence-electron chi connectivity index (χ3n) is 4.43. The van der Waals surface area contributed by atoms with Crippen molar-refractivity contribution in [2.24, 2.45) is 0 Å². The van der Waals surface area contributed by atoms with Crippen LogP contribution in [0.4, 0.5) is 0 Å². The molecule has 9 heteroatoms. The van der Waals surface area contributed by atoms with Crippen molar-refractivity contribution < 1.29 is 4.79 Å². The average molecular weight is 443 g/mol. The van der Waals surface area contributed by atoms with Crippen molar-refractivity contribution >= 4 is 31.0 Å². The summed E-state index contributed by atoms with van der Waals surface area (Å²) in [6.45, 7) is 8.01. The smallest absolute Gasteiger partial charge is 0.251 e.